The number of ether oxygens (including phenoxy) is 1. The number of nitrogens with one attached hydrogen (secondary N) is 1. The number of H-pyrrole nitrogens is 1. The summed E-state index contributed by atoms with van der Waals surface area (Å²) >= 11 is 0. The Labute approximate surface area is 155 Å². The molecule has 1 aliphatic rings. The molecule has 3 heterocycles. The minimum Gasteiger partial charge on any atom is -0.388 e. The highest BCUT2D eigenvalue weighted by atomic mass is 19.4. The fraction of sp³-hybridized carbons (Fsp3) is 0.667. The fourth-order valence-electron chi connectivity index (χ4n) is 3.28. The Balaban J connectivity index is 2.12. The molecule has 1 saturated heterocycles. The van der Waals surface area contributed by atoms with Gasteiger partial charge in [-0.15, -0.1) is 0 Å². The first-order valence-corrected chi connectivity index (χ1v) is 8.65. The van der Waals surface area contributed by atoms with E-state index in [-0.39, 0.29) is 23.7 Å². The van der Waals surface area contributed by atoms with Crippen molar-refractivity contribution in [3.05, 3.63) is 20.8 Å². The fourth-order valence-corrected chi connectivity index (χ4v) is 3.28. The number of imidazole rings is 1. The average Bonchev–Trinajstić information content (AvgIpc) is 3.08. The van der Waals surface area contributed by atoms with Crippen LogP contribution in [0.1, 0.15) is 32.4 Å². The number of nitrogen functional groups attached to an aromatic ring is 1. The van der Waals surface area contributed by atoms with Gasteiger partial charge in [0.15, 0.2) is 23.5 Å². The van der Waals surface area contributed by atoms with Gasteiger partial charge in [0, 0.05) is 13.0 Å². The second kappa shape index (κ2) is 7.22. The summed E-state index contributed by atoms with van der Waals surface area (Å²) in [6.07, 6.45) is -12.0. The highest BCUT2D eigenvalue weighted by molar-refractivity contribution is 5.71. The highest BCUT2D eigenvalue weighted by Gasteiger charge is 2.50. The number of nitrogens with zero attached hydrogens (tertiary/aromatic N) is 3. The summed E-state index contributed by atoms with van der Waals surface area (Å²) in [5.74, 6) is -0.307. The molecule has 10 nitrogen and oxygen atoms in total. The molecule has 0 spiro atoms. The molecule has 1 fully saturated rings. The van der Waals surface area contributed by atoms with Crippen LogP contribution in [-0.2, 0) is 11.3 Å². The summed E-state index contributed by atoms with van der Waals surface area (Å²) in [7, 11) is 0. The van der Waals surface area contributed by atoms with Crippen molar-refractivity contribution in [2.24, 2.45) is 0 Å². The van der Waals surface area contributed by atoms with Gasteiger partial charge in [0.05, 0.1) is 6.10 Å². The molecule has 0 unspecified atom stereocenters. The van der Waals surface area contributed by atoms with Gasteiger partial charge in [0.2, 0.25) is 5.95 Å². The Morgan fingerprint density at radius 3 is 2.71 bits per heavy atom. The van der Waals surface area contributed by atoms with Crippen LogP contribution in [0.15, 0.2) is 9.59 Å². The third kappa shape index (κ3) is 3.40. The van der Waals surface area contributed by atoms with Crippen LogP contribution in [0, 0.1) is 0 Å². The number of hydrogen-bond donors (Lipinski definition) is 4. The van der Waals surface area contributed by atoms with Gasteiger partial charge < -0.3 is 20.7 Å². The minimum atomic E-state index is -4.96. The molecular weight excluding hydrogens is 387 g/mol. The number of alkyl halides is 3. The zero-order valence-electron chi connectivity index (χ0n) is 14.8. The van der Waals surface area contributed by atoms with Crippen molar-refractivity contribution in [3.8, 4) is 0 Å². The first kappa shape index (κ1) is 20.4. The van der Waals surface area contributed by atoms with E-state index in [1.165, 1.54) is 0 Å². The lowest BCUT2D eigenvalue weighted by Gasteiger charge is -2.21. The number of nitrogens with two attached hydrogens (primary N) is 1. The topological polar surface area (TPSA) is 148 Å². The summed E-state index contributed by atoms with van der Waals surface area (Å²) in [6.45, 7) is 2.03. The SMILES string of the molecule is CCCCn1c(=O)n([C@@H]2O[C@H]([C@@H](O)C(F)(F)F)C[C@H]2O)c2nc(N)[nH]c(=O)c21. The molecule has 2 aromatic heterocycles. The molecule has 13 heteroatoms. The van der Waals surface area contributed by atoms with E-state index in [0.29, 0.717) is 12.8 Å². The normalized spacial score (nSPS) is 24.1. The molecule has 156 valence electrons. The molecule has 5 N–H and O–H groups in total. The number of fused-ring (bicyclic) bond motifs is 1. The van der Waals surface area contributed by atoms with Gasteiger partial charge in [-0.3, -0.25) is 14.3 Å². The number of rotatable bonds is 5. The van der Waals surface area contributed by atoms with Crippen molar-refractivity contribution in [2.45, 2.75) is 63.4 Å². The Morgan fingerprint density at radius 1 is 1.43 bits per heavy atom. The smallest absolute Gasteiger partial charge is 0.388 e. The maximum absolute atomic E-state index is 12.9. The second-order valence-electron chi connectivity index (χ2n) is 6.64. The molecule has 28 heavy (non-hydrogen) atoms. The third-order valence-corrected chi connectivity index (χ3v) is 4.62. The van der Waals surface area contributed by atoms with Crippen molar-refractivity contribution in [1.82, 2.24) is 19.1 Å². The van der Waals surface area contributed by atoms with Gasteiger partial charge in [-0.1, -0.05) is 13.3 Å². The van der Waals surface area contributed by atoms with E-state index in [9.17, 15) is 33.0 Å². The van der Waals surface area contributed by atoms with Gasteiger partial charge in [-0.25, -0.2) is 9.36 Å². The zero-order chi connectivity index (χ0) is 20.8. The van der Waals surface area contributed by atoms with Gasteiger partial charge in [-0.2, -0.15) is 18.2 Å². The summed E-state index contributed by atoms with van der Waals surface area (Å²) in [6, 6.07) is 0. The van der Waals surface area contributed by atoms with E-state index in [1.54, 1.807) is 0 Å². The molecule has 0 radical (unpaired) electrons. The van der Waals surface area contributed by atoms with E-state index >= 15 is 0 Å². The van der Waals surface area contributed by atoms with Crippen molar-refractivity contribution in [2.75, 3.05) is 5.73 Å². The van der Waals surface area contributed by atoms with Crippen LogP contribution in [0.25, 0.3) is 11.2 Å². The Morgan fingerprint density at radius 2 is 2.11 bits per heavy atom. The predicted molar refractivity (Wildman–Crippen MR) is 90.5 cm³/mol. The van der Waals surface area contributed by atoms with Gasteiger partial charge >= 0.3 is 11.9 Å². The first-order valence-electron chi connectivity index (χ1n) is 8.65. The van der Waals surface area contributed by atoms with E-state index in [1.807, 2.05) is 6.92 Å². The van der Waals surface area contributed by atoms with Crippen molar-refractivity contribution in [1.29, 1.82) is 0 Å². The standard InChI is InChI=1S/C15H20F3N5O5/c1-2-3-4-22-8-10(20-13(19)21-11(8)26)23(14(22)27)12-6(24)5-7(28-12)9(25)15(16,17)18/h6-7,9,12,24-25H,2-5H2,1H3,(H3,19,20,21,26)/t6-,7+,9-,12-/m1/s1. The average molecular weight is 407 g/mol. The lowest BCUT2D eigenvalue weighted by atomic mass is 10.1. The largest absolute Gasteiger partial charge is 0.416 e. The molecule has 0 saturated carbocycles. The number of aliphatic hydroxyl groups excluding tert-OH is 2. The summed E-state index contributed by atoms with van der Waals surface area (Å²) in [4.78, 5) is 31.4. The Kier molecular flexibility index (Phi) is 5.25. The highest BCUT2D eigenvalue weighted by Crippen LogP contribution is 2.36. The van der Waals surface area contributed by atoms with E-state index < -0.39 is 48.4 Å². The molecule has 3 rings (SSSR count). The van der Waals surface area contributed by atoms with Crippen LogP contribution in [0.2, 0.25) is 0 Å². The molecule has 0 bridgehead atoms. The van der Waals surface area contributed by atoms with Crippen LogP contribution < -0.4 is 17.0 Å². The maximum Gasteiger partial charge on any atom is 0.416 e. The number of halogens is 3. The monoisotopic (exact) mass is 407 g/mol. The molecule has 0 aliphatic carbocycles. The third-order valence-electron chi connectivity index (χ3n) is 4.62. The minimum absolute atomic E-state index is 0.122. The maximum atomic E-state index is 12.9. The molecule has 4 atom stereocenters. The van der Waals surface area contributed by atoms with Crippen LogP contribution in [0.3, 0.4) is 0 Å². The number of aromatic amines is 1. The summed E-state index contributed by atoms with van der Waals surface area (Å²) < 4.78 is 45.4. The van der Waals surface area contributed by atoms with Crippen molar-refractivity contribution >= 4 is 17.1 Å². The number of aromatic nitrogens is 4. The van der Waals surface area contributed by atoms with E-state index in [4.69, 9.17) is 10.5 Å². The van der Waals surface area contributed by atoms with Crippen molar-refractivity contribution < 1.29 is 28.1 Å². The lowest BCUT2D eigenvalue weighted by molar-refractivity contribution is -0.237. The quantitative estimate of drug-likeness (QED) is 0.538. The van der Waals surface area contributed by atoms with E-state index in [2.05, 4.69) is 9.97 Å². The van der Waals surface area contributed by atoms with Crippen molar-refractivity contribution in [3.63, 3.8) is 0 Å². The second-order valence-corrected chi connectivity index (χ2v) is 6.64. The first-order chi connectivity index (χ1) is 13.1. The van der Waals surface area contributed by atoms with Crippen LogP contribution in [0.4, 0.5) is 19.1 Å². The lowest BCUT2D eigenvalue weighted by Crippen LogP contribution is -2.39. The van der Waals surface area contributed by atoms with Gasteiger partial charge in [0.25, 0.3) is 5.56 Å². The van der Waals surface area contributed by atoms with Gasteiger partial charge in [0.1, 0.15) is 6.10 Å². The van der Waals surface area contributed by atoms with E-state index in [0.717, 1.165) is 9.13 Å². The van der Waals surface area contributed by atoms with Crippen LogP contribution in [0.5, 0.6) is 0 Å². The number of aryl methyl sites for hydroxylation is 1. The number of aliphatic hydroxyl groups is 2. The van der Waals surface area contributed by atoms with Crippen LogP contribution in [-0.4, -0.2) is 53.8 Å². The Hall–Kier alpha value is -2.38. The number of hydrogen-bond acceptors (Lipinski definition) is 7. The predicted octanol–water partition coefficient (Wildman–Crippen LogP) is -0.160. The molecule has 0 aromatic carbocycles. The summed E-state index contributed by atoms with van der Waals surface area (Å²) in [5, 5.41) is 19.6. The van der Waals surface area contributed by atoms with Gasteiger partial charge in [-0.05, 0) is 6.42 Å². The van der Waals surface area contributed by atoms with Crippen LogP contribution >= 0.6 is 0 Å². The number of unbranched alkanes of at least 4 members (excludes halogenated alkanes) is 1. The molecule has 0 amide bonds. The molecule has 1 aliphatic heterocycles. The molecule has 2 aromatic rings. The number of anilines is 1. The Bertz CT molecular complexity index is 981. The summed E-state index contributed by atoms with van der Waals surface area (Å²) in [5.41, 5.74) is 3.72. The zero-order valence-corrected chi connectivity index (χ0v) is 14.8. The molecular formula is C15H20F3N5O5.